The number of ether oxygens (including phenoxy) is 1. The molecule has 0 aromatic carbocycles. The molecule has 0 heterocycles. The van der Waals surface area contributed by atoms with Crippen LogP contribution in [0.15, 0.2) is 24.8 Å². The van der Waals surface area contributed by atoms with Crippen molar-refractivity contribution in [3.05, 3.63) is 24.8 Å². The number of allylic oxidation sites excluding steroid dienone is 2. The molecule has 0 radical (unpaired) electrons. The summed E-state index contributed by atoms with van der Waals surface area (Å²) in [5, 5.41) is 0. The molecule has 3 heteroatoms. The summed E-state index contributed by atoms with van der Waals surface area (Å²) in [6.45, 7) is 5.41. The van der Waals surface area contributed by atoms with Gasteiger partial charge in [0.05, 0.1) is 5.41 Å². The van der Waals surface area contributed by atoms with Gasteiger partial charge in [-0.1, -0.05) is 18.7 Å². The Morgan fingerprint density at radius 3 is 3.07 bits per heavy atom. The molecular weight excluding hydrogens is 180 g/mol. The minimum absolute atomic E-state index is 0.0192. The van der Waals surface area contributed by atoms with Gasteiger partial charge in [-0.2, -0.15) is 0 Å². The topological polar surface area (TPSA) is 43.4 Å². The van der Waals surface area contributed by atoms with Crippen molar-refractivity contribution in [2.45, 2.75) is 19.8 Å². The van der Waals surface area contributed by atoms with Crippen LogP contribution in [0.3, 0.4) is 0 Å². The van der Waals surface area contributed by atoms with Crippen molar-refractivity contribution < 1.29 is 14.3 Å². The van der Waals surface area contributed by atoms with E-state index in [1.165, 1.54) is 12.2 Å². The summed E-state index contributed by atoms with van der Waals surface area (Å²) in [5.41, 5.74) is -0.686. The fourth-order valence-electron chi connectivity index (χ4n) is 1.43. The van der Waals surface area contributed by atoms with Gasteiger partial charge in [0.25, 0.3) is 0 Å². The van der Waals surface area contributed by atoms with Crippen molar-refractivity contribution in [2.75, 3.05) is 6.61 Å². The maximum Gasteiger partial charge on any atom is 0.312 e. The Balaban J connectivity index is 2.65. The lowest BCUT2D eigenvalue weighted by Crippen LogP contribution is -2.33. The number of carbonyl (C=O) groups is 2. The van der Waals surface area contributed by atoms with Crippen molar-refractivity contribution in [3.63, 3.8) is 0 Å². The summed E-state index contributed by atoms with van der Waals surface area (Å²) in [6, 6.07) is 0. The van der Waals surface area contributed by atoms with Gasteiger partial charge >= 0.3 is 5.97 Å². The largest absolute Gasteiger partial charge is 0.461 e. The Morgan fingerprint density at radius 1 is 1.79 bits per heavy atom. The van der Waals surface area contributed by atoms with Crippen LogP contribution >= 0.6 is 0 Å². The number of hydrogen-bond donors (Lipinski definition) is 0. The minimum atomic E-state index is -0.686. The maximum absolute atomic E-state index is 11.6. The van der Waals surface area contributed by atoms with E-state index in [1.807, 2.05) is 0 Å². The number of ketones is 1. The molecule has 1 aliphatic carbocycles. The van der Waals surface area contributed by atoms with E-state index < -0.39 is 5.41 Å². The monoisotopic (exact) mass is 194 g/mol. The highest BCUT2D eigenvalue weighted by atomic mass is 16.5. The van der Waals surface area contributed by atoms with E-state index in [-0.39, 0.29) is 24.8 Å². The van der Waals surface area contributed by atoms with Crippen LogP contribution in [0.4, 0.5) is 0 Å². The standard InChI is InChI=1S/C11H14O3/c1-3-7-14-10(13)11(2)6-4-5-9(12)8-11/h3-5H,1,6-8H2,2H3. The molecule has 0 N–H and O–H groups in total. The van der Waals surface area contributed by atoms with Crippen molar-refractivity contribution >= 4 is 11.8 Å². The molecule has 0 spiro atoms. The Labute approximate surface area is 83.4 Å². The average molecular weight is 194 g/mol. The lowest BCUT2D eigenvalue weighted by molar-refractivity contribution is -0.155. The highest BCUT2D eigenvalue weighted by molar-refractivity contribution is 5.95. The summed E-state index contributed by atoms with van der Waals surface area (Å²) in [4.78, 5) is 22.7. The van der Waals surface area contributed by atoms with E-state index in [0.29, 0.717) is 6.42 Å². The van der Waals surface area contributed by atoms with Gasteiger partial charge in [-0.05, 0) is 19.4 Å². The Bertz CT molecular complexity index is 291. The normalized spacial score (nSPS) is 25.9. The van der Waals surface area contributed by atoms with Crippen LogP contribution in [-0.2, 0) is 14.3 Å². The van der Waals surface area contributed by atoms with Crippen molar-refractivity contribution in [2.24, 2.45) is 5.41 Å². The first-order valence-electron chi connectivity index (χ1n) is 4.56. The fourth-order valence-corrected chi connectivity index (χ4v) is 1.43. The third-order valence-electron chi connectivity index (χ3n) is 2.26. The van der Waals surface area contributed by atoms with Gasteiger partial charge in [0.1, 0.15) is 6.61 Å². The molecule has 3 nitrogen and oxygen atoms in total. The van der Waals surface area contributed by atoms with Gasteiger partial charge in [0.2, 0.25) is 0 Å². The number of hydrogen-bond acceptors (Lipinski definition) is 3. The first kappa shape index (κ1) is 10.7. The van der Waals surface area contributed by atoms with Gasteiger partial charge in [-0.15, -0.1) is 0 Å². The van der Waals surface area contributed by atoms with Crippen LogP contribution in [0.5, 0.6) is 0 Å². The zero-order chi connectivity index (χ0) is 10.6. The second-order valence-electron chi connectivity index (χ2n) is 3.70. The summed E-state index contributed by atoms with van der Waals surface area (Å²) >= 11 is 0. The summed E-state index contributed by atoms with van der Waals surface area (Å²) in [7, 11) is 0. The van der Waals surface area contributed by atoms with Crippen molar-refractivity contribution in [1.82, 2.24) is 0 Å². The minimum Gasteiger partial charge on any atom is -0.461 e. The third-order valence-corrected chi connectivity index (χ3v) is 2.26. The third kappa shape index (κ3) is 2.31. The zero-order valence-corrected chi connectivity index (χ0v) is 8.29. The molecule has 1 rings (SSSR count). The highest BCUT2D eigenvalue weighted by Gasteiger charge is 2.37. The maximum atomic E-state index is 11.6. The predicted octanol–water partition coefficient (Wildman–Crippen LogP) is 1.64. The van der Waals surface area contributed by atoms with Crippen molar-refractivity contribution in [3.8, 4) is 0 Å². The van der Waals surface area contributed by atoms with Crippen molar-refractivity contribution in [1.29, 1.82) is 0 Å². The SMILES string of the molecule is C=CCOC(=O)C1(C)CC=CC(=O)C1. The molecule has 14 heavy (non-hydrogen) atoms. The molecule has 1 atom stereocenters. The predicted molar refractivity (Wildman–Crippen MR) is 52.6 cm³/mol. The van der Waals surface area contributed by atoms with E-state index in [9.17, 15) is 9.59 Å². The van der Waals surface area contributed by atoms with E-state index in [0.717, 1.165) is 0 Å². The van der Waals surface area contributed by atoms with Crippen LogP contribution in [0, 0.1) is 5.41 Å². The van der Waals surface area contributed by atoms with Gasteiger partial charge in [-0.3, -0.25) is 9.59 Å². The Hall–Kier alpha value is -1.38. The second kappa shape index (κ2) is 4.22. The van der Waals surface area contributed by atoms with Gasteiger partial charge in [0.15, 0.2) is 5.78 Å². The molecule has 76 valence electrons. The first-order chi connectivity index (χ1) is 6.58. The second-order valence-corrected chi connectivity index (χ2v) is 3.70. The molecule has 0 saturated heterocycles. The summed E-state index contributed by atoms with van der Waals surface area (Å²) < 4.78 is 4.94. The molecule has 0 bridgehead atoms. The molecule has 0 aliphatic heterocycles. The van der Waals surface area contributed by atoms with Gasteiger partial charge in [0, 0.05) is 6.42 Å². The summed E-state index contributed by atoms with van der Waals surface area (Å²) in [6.07, 6.45) is 5.56. The van der Waals surface area contributed by atoms with E-state index in [2.05, 4.69) is 6.58 Å². The van der Waals surface area contributed by atoms with Crippen LogP contribution in [0.2, 0.25) is 0 Å². The lowest BCUT2D eigenvalue weighted by atomic mass is 9.78. The molecule has 0 amide bonds. The molecule has 0 fully saturated rings. The molecular formula is C11H14O3. The van der Waals surface area contributed by atoms with Crippen LogP contribution in [-0.4, -0.2) is 18.4 Å². The average Bonchev–Trinajstić information content (AvgIpc) is 2.13. The lowest BCUT2D eigenvalue weighted by Gasteiger charge is -2.26. The first-order valence-corrected chi connectivity index (χ1v) is 4.56. The van der Waals surface area contributed by atoms with Crippen LogP contribution in [0.1, 0.15) is 19.8 Å². The van der Waals surface area contributed by atoms with E-state index in [4.69, 9.17) is 4.74 Å². The molecule has 0 aromatic rings. The fraction of sp³-hybridized carbons (Fsp3) is 0.455. The summed E-state index contributed by atoms with van der Waals surface area (Å²) in [5.74, 6) is -0.343. The highest BCUT2D eigenvalue weighted by Crippen LogP contribution is 2.31. The van der Waals surface area contributed by atoms with Crippen LogP contribution in [0.25, 0.3) is 0 Å². The van der Waals surface area contributed by atoms with Gasteiger partial charge < -0.3 is 4.74 Å². The Kier molecular flexibility index (Phi) is 3.23. The molecule has 1 unspecified atom stereocenters. The van der Waals surface area contributed by atoms with Gasteiger partial charge in [-0.25, -0.2) is 0 Å². The smallest absolute Gasteiger partial charge is 0.312 e. The number of esters is 1. The molecule has 0 saturated carbocycles. The molecule has 1 aliphatic rings. The van der Waals surface area contributed by atoms with E-state index >= 15 is 0 Å². The number of rotatable bonds is 3. The van der Waals surface area contributed by atoms with E-state index in [1.54, 1.807) is 13.0 Å². The molecule has 0 aromatic heterocycles. The number of carbonyl (C=O) groups excluding carboxylic acids is 2. The Morgan fingerprint density at radius 2 is 2.50 bits per heavy atom. The zero-order valence-electron chi connectivity index (χ0n) is 8.29. The quantitative estimate of drug-likeness (QED) is 0.506. The van der Waals surface area contributed by atoms with Crippen LogP contribution < -0.4 is 0 Å².